The second-order valence-corrected chi connectivity index (χ2v) is 5.83. The molecule has 1 fully saturated rings. The molecule has 0 saturated carbocycles. The Balaban J connectivity index is 1.97. The van der Waals surface area contributed by atoms with Crippen LogP contribution in [0, 0.1) is 6.92 Å². The molecule has 1 aliphatic rings. The average Bonchev–Trinajstić information content (AvgIpc) is 2.49. The molecule has 0 bridgehead atoms. The first-order valence-electron chi connectivity index (χ1n) is 7.25. The molecule has 1 aliphatic heterocycles. The third-order valence-corrected chi connectivity index (χ3v) is 4.31. The summed E-state index contributed by atoms with van der Waals surface area (Å²) < 4.78 is 0. The highest BCUT2D eigenvalue weighted by Crippen LogP contribution is 2.27. The molecule has 0 aliphatic carbocycles. The normalized spacial score (nSPS) is 16.3. The third-order valence-electron chi connectivity index (χ3n) is 3.90. The van der Waals surface area contributed by atoms with Gasteiger partial charge in [-0.3, -0.25) is 4.79 Å². The van der Waals surface area contributed by atoms with E-state index in [2.05, 4.69) is 10.2 Å². The Bertz CT molecular complexity index is 571. The van der Waals surface area contributed by atoms with Gasteiger partial charge < -0.3 is 20.9 Å². The van der Waals surface area contributed by atoms with Gasteiger partial charge in [-0.1, -0.05) is 17.7 Å². The minimum absolute atomic E-state index is 0.110. The van der Waals surface area contributed by atoms with E-state index in [0.29, 0.717) is 13.1 Å². The van der Waals surface area contributed by atoms with Crippen LogP contribution in [-0.2, 0) is 4.79 Å². The Morgan fingerprint density at radius 3 is 2.50 bits per heavy atom. The molecule has 1 aromatic carbocycles. The number of rotatable bonds is 3. The summed E-state index contributed by atoms with van der Waals surface area (Å²) in [5, 5.41) is 3.16. The Labute approximate surface area is 135 Å². The second kappa shape index (κ2) is 6.87. The lowest BCUT2D eigenvalue weighted by Gasteiger charge is -2.37. The molecule has 0 radical (unpaired) electrons. The van der Waals surface area contributed by atoms with E-state index in [-0.39, 0.29) is 5.91 Å². The molecule has 22 heavy (non-hydrogen) atoms. The maximum absolute atomic E-state index is 12.2. The molecule has 3 amide bonds. The topological polar surface area (TPSA) is 78.7 Å². The lowest BCUT2D eigenvalue weighted by molar-refractivity contribution is -0.133. The van der Waals surface area contributed by atoms with E-state index in [1.807, 2.05) is 25.1 Å². The van der Waals surface area contributed by atoms with E-state index in [0.717, 1.165) is 29.4 Å². The van der Waals surface area contributed by atoms with Crippen LogP contribution in [0.5, 0.6) is 0 Å². The summed E-state index contributed by atoms with van der Waals surface area (Å²) in [7, 11) is 0. The third kappa shape index (κ3) is 3.62. The minimum Gasteiger partial charge on any atom is -0.368 e. The smallest absolute Gasteiger partial charge is 0.312 e. The van der Waals surface area contributed by atoms with Gasteiger partial charge in [-0.05, 0) is 31.5 Å². The number of carbonyl (C=O) groups excluding carboxylic acids is 2. The number of hydrogen-bond acceptors (Lipinski definition) is 3. The number of urea groups is 1. The van der Waals surface area contributed by atoms with Crippen molar-refractivity contribution < 1.29 is 9.59 Å². The van der Waals surface area contributed by atoms with Crippen molar-refractivity contribution in [2.45, 2.75) is 19.9 Å². The van der Waals surface area contributed by atoms with Crippen molar-refractivity contribution in [1.29, 1.82) is 0 Å². The van der Waals surface area contributed by atoms with Crippen LogP contribution in [0.1, 0.15) is 12.5 Å². The Kier molecular flexibility index (Phi) is 5.13. The Morgan fingerprint density at radius 2 is 1.91 bits per heavy atom. The number of nitrogens with two attached hydrogens (primary N) is 1. The number of nitrogens with one attached hydrogen (secondary N) is 1. The van der Waals surface area contributed by atoms with Gasteiger partial charge >= 0.3 is 6.03 Å². The monoisotopic (exact) mass is 324 g/mol. The van der Waals surface area contributed by atoms with Gasteiger partial charge in [0.2, 0.25) is 5.91 Å². The number of anilines is 1. The number of amides is 3. The van der Waals surface area contributed by atoms with Crippen molar-refractivity contribution in [3.8, 4) is 0 Å². The molecule has 1 heterocycles. The van der Waals surface area contributed by atoms with E-state index < -0.39 is 12.1 Å². The molecule has 1 aromatic rings. The first-order chi connectivity index (χ1) is 10.4. The number of nitrogens with zero attached hydrogens (tertiary/aromatic N) is 2. The van der Waals surface area contributed by atoms with E-state index in [1.54, 1.807) is 11.8 Å². The van der Waals surface area contributed by atoms with Crippen LogP contribution in [0.15, 0.2) is 18.2 Å². The first kappa shape index (κ1) is 16.4. The highest BCUT2D eigenvalue weighted by molar-refractivity contribution is 6.31. The molecule has 6 nitrogen and oxygen atoms in total. The molecule has 7 heteroatoms. The maximum atomic E-state index is 12.2. The van der Waals surface area contributed by atoms with Crippen molar-refractivity contribution in [1.82, 2.24) is 10.2 Å². The van der Waals surface area contributed by atoms with Crippen LogP contribution >= 0.6 is 11.6 Å². The standard InChI is InChI=1S/C15H21ClN4O2/c1-10-12(16)4-3-5-13(10)19-6-8-20(9-7-19)14(21)11(2)18-15(17)22/h3-5,11H,6-9H2,1-2H3,(H3,17,18,22)/t11-/m0/s1. The number of benzene rings is 1. The van der Waals surface area contributed by atoms with Crippen molar-refractivity contribution in [3.63, 3.8) is 0 Å². The van der Waals surface area contributed by atoms with E-state index in [9.17, 15) is 9.59 Å². The number of hydrogen-bond donors (Lipinski definition) is 2. The average molecular weight is 325 g/mol. The van der Waals surface area contributed by atoms with Crippen molar-refractivity contribution in [2.24, 2.45) is 5.73 Å². The van der Waals surface area contributed by atoms with E-state index in [1.165, 1.54) is 0 Å². The van der Waals surface area contributed by atoms with Crippen LogP contribution in [0.2, 0.25) is 5.02 Å². The minimum atomic E-state index is -0.686. The lowest BCUT2D eigenvalue weighted by atomic mass is 10.1. The van der Waals surface area contributed by atoms with Gasteiger partial charge in [-0.2, -0.15) is 0 Å². The summed E-state index contributed by atoms with van der Waals surface area (Å²) in [6, 6.07) is 4.56. The molecule has 0 aromatic heterocycles. The highest BCUT2D eigenvalue weighted by atomic mass is 35.5. The molecule has 2 rings (SSSR count). The predicted molar refractivity (Wildman–Crippen MR) is 87.2 cm³/mol. The number of piperazine rings is 1. The molecule has 3 N–H and O–H groups in total. The fourth-order valence-electron chi connectivity index (χ4n) is 2.66. The number of halogens is 1. The Morgan fingerprint density at radius 1 is 1.27 bits per heavy atom. The van der Waals surface area contributed by atoms with E-state index >= 15 is 0 Å². The van der Waals surface area contributed by atoms with Gasteiger partial charge in [0.1, 0.15) is 6.04 Å². The van der Waals surface area contributed by atoms with Crippen LogP contribution in [0.4, 0.5) is 10.5 Å². The van der Waals surface area contributed by atoms with Crippen LogP contribution in [-0.4, -0.2) is 49.1 Å². The lowest BCUT2D eigenvalue weighted by Crippen LogP contribution is -2.54. The molecule has 0 spiro atoms. The number of carbonyl (C=O) groups is 2. The van der Waals surface area contributed by atoms with Gasteiger partial charge in [0, 0.05) is 36.9 Å². The molecular weight excluding hydrogens is 304 g/mol. The zero-order valence-corrected chi connectivity index (χ0v) is 13.6. The zero-order valence-electron chi connectivity index (χ0n) is 12.8. The largest absolute Gasteiger partial charge is 0.368 e. The second-order valence-electron chi connectivity index (χ2n) is 5.43. The van der Waals surface area contributed by atoms with Crippen molar-refractivity contribution in [3.05, 3.63) is 28.8 Å². The summed E-state index contributed by atoms with van der Waals surface area (Å²) in [4.78, 5) is 27.0. The SMILES string of the molecule is Cc1c(Cl)cccc1N1CCN(C(=O)[C@H](C)NC(N)=O)CC1. The summed E-state index contributed by atoms with van der Waals surface area (Å²) in [5.74, 6) is -0.110. The fourth-order valence-corrected chi connectivity index (χ4v) is 2.82. The predicted octanol–water partition coefficient (Wildman–Crippen LogP) is 1.35. The summed E-state index contributed by atoms with van der Waals surface area (Å²) >= 11 is 6.16. The molecule has 0 unspecified atom stereocenters. The van der Waals surface area contributed by atoms with Gasteiger partial charge in [-0.25, -0.2) is 4.79 Å². The van der Waals surface area contributed by atoms with Gasteiger partial charge in [0.15, 0.2) is 0 Å². The van der Waals surface area contributed by atoms with E-state index in [4.69, 9.17) is 17.3 Å². The first-order valence-corrected chi connectivity index (χ1v) is 7.62. The van der Waals surface area contributed by atoms with Crippen molar-refractivity contribution >= 4 is 29.2 Å². The Hall–Kier alpha value is -1.95. The summed E-state index contributed by atoms with van der Waals surface area (Å²) in [5.41, 5.74) is 7.20. The van der Waals surface area contributed by atoms with Crippen LogP contribution in [0.3, 0.4) is 0 Å². The van der Waals surface area contributed by atoms with Crippen LogP contribution in [0.25, 0.3) is 0 Å². The zero-order chi connectivity index (χ0) is 16.3. The molecule has 1 atom stereocenters. The van der Waals surface area contributed by atoms with Crippen LogP contribution < -0.4 is 16.0 Å². The molecular formula is C15H21ClN4O2. The number of primary amides is 1. The molecule has 1 saturated heterocycles. The fraction of sp³-hybridized carbons (Fsp3) is 0.467. The molecule has 120 valence electrons. The highest BCUT2D eigenvalue weighted by Gasteiger charge is 2.26. The summed E-state index contributed by atoms with van der Waals surface area (Å²) in [6.45, 7) is 6.31. The van der Waals surface area contributed by atoms with Gasteiger partial charge in [0.25, 0.3) is 0 Å². The summed E-state index contributed by atoms with van der Waals surface area (Å²) in [6.07, 6.45) is 0. The quantitative estimate of drug-likeness (QED) is 0.881. The maximum Gasteiger partial charge on any atom is 0.312 e. The van der Waals surface area contributed by atoms with Crippen molar-refractivity contribution in [2.75, 3.05) is 31.1 Å². The van der Waals surface area contributed by atoms with Gasteiger partial charge in [0.05, 0.1) is 0 Å². The van der Waals surface area contributed by atoms with Gasteiger partial charge in [-0.15, -0.1) is 0 Å².